The van der Waals surface area contributed by atoms with Gasteiger partial charge in [-0.15, -0.1) is 0 Å². The molecule has 0 spiro atoms. The normalized spacial score (nSPS) is 5.40. The van der Waals surface area contributed by atoms with E-state index >= 15 is 0 Å². The first-order valence-corrected chi connectivity index (χ1v) is 3.07. The largest absolute Gasteiger partial charge is 0.397 e. The fourth-order valence-electron chi connectivity index (χ4n) is 0. The Morgan fingerprint density at radius 3 is 0.700 bits per heavy atom. The van der Waals surface area contributed by atoms with Crippen LogP contribution < -0.4 is 0 Å². The Kier molecular flexibility index (Phi) is 126. The molecule has 0 aromatic heterocycles. The Morgan fingerprint density at radius 1 is 0.700 bits per heavy atom. The van der Waals surface area contributed by atoms with Crippen LogP contribution in [0.1, 0.15) is 20.8 Å². The SMILES string of the molecule is CCO.CCO.CCO.[Zn]. The molecule has 0 atom stereocenters. The Morgan fingerprint density at radius 2 is 0.700 bits per heavy atom. The van der Waals surface area contributed by atoms with Gasteiger partial charge in [0.1, 0.15) is 0 Å². The zero-order valence-electron chi connectivity index (χ0n) is 7.17. The van der Waals surface area contributed by atoms with Crippen molar-refractivity contribution in [1.82, 2.24) is 0 Å². The monoisotopic (exact) mass is 202 g/mol. The summed E-state index contributed by atoms with van der Waals surface area (Å²) in [4.78, 5) is 0. The standard InChI is InChI=1S/3C2H6O.Zn/c3*1-2-3;/h3*3H,2H2,1H3;. The van der Waals surface area contributed by atoms with E-state index in [4.69, 9.17) is 15.3 Å². The molecule has 0 heterocycles. The summed E-state index contributed by atoms with van der Waals surface area (Å²) >= 11 is 0. The zero-order chi connectivity index (χ0) is 8.12. The Hall–Kier alpha value is 0.503. The van der Waals surface area contributed by atoms with Crippen LogP contribution in [0.5, 0.6) is 0 Å². The molecular weight excluding hydrogens is 185 g/mol. The van der Waals surface area contributed by atoms with E-state index in [1.807, 2.05) is 0 Å². The number of aliphatic hydroxyl groups is 3. The number of rotatable bonds is 0. The van der Waals surface area contributed by atoms with E-state index in [0.717, 1.165) is 0 Å². The van der Waals surface area contributed by atoms with Crippen molar-refractivity contribution >= 4 is 0 Å². The van der Waals surface area contributed by atoms with Crippen LogP contribution in [-0.2, 0) is 19.5 Å². The molecule has 0 unspecified atom stereocenters. The van der Waals surface area contributed by atoms with Gasteiger partial charge < -0.3 is 15.3 Å². The minimum absolute atomic E-state index is 0. The van der Waals surface area contributed by atoms with Crippen LogP contribution in [0.4, 0.5) is 0 Å². The second kappa shape index (κ2) is 56.0. The summed E-state index contributed by atoms with van der Waals surface area (Å²) in [6.45, 7) is 5.79. The molecule has 10 heavy (non-hydrogen) atoms. The molecule has 0 saturated heterocycles. The second-order valence-corrected chi connectivity index (χ2v) is 0.949. The minimum atomic E-state index is 0. The van der Waals surface area contributed by atoms with E-state index in [1.54, 1.807) is 20.8 Å². The predicted octanol–water partition coefficient (Wildman–Crippen LogP) is -0.00670. The molecule has 0 aliphatic heterocycles. The topological polar surface area (TPSA) is 60.7 Å². The molecule has 0 radical (unpaired) electrons. The zero-order valence-corrected chi connectivity index (χ0v) is 10.1. The van der Waals surface area contributed by atoms with Gasteiger partial charge in [0, 0.05) is 39.3 Å². The fraction of sp³-hybridized carbons (Fsp3) is 1.00. The van der Waals surface area contributed by atoms with E-state index in [-0.39, 0.29) is 39.3 Å². The van der Waals surface area contributed by atoms with Gasteiger partial charge >= 0.3 is 0 Å². The molecular formula is C6H18O3Zn. The molecule has 3 nitrogen and oxygen atoms in total. The summed E-state index contributed by atoms with van der Waals surface area (Å²) < 4.78 is 0. The van der Waals surface area contributed by atoms with Crippen LogP contribution in [0.2, 0.25) is 0 Å². The summed E-state index contributed by atoms with van der Waals surface area (Å²) in [5.41, 5.74) is 0. The molecule has 4 heteroatoms. The van der Waals surface area contributed by atoms with Crippen molar-refractivity contribution in [3.63, 3.8) is 0 Å². The van der Waals surface area contributed by atoms with Gasteiger partial charge in [0.05, 0.1) is 0 Å². The van der Waals surface area contributed by atoms with E-state index in [2.05, 4.69) is 0 Å². The third-order valence-electron chi connectivity index (χ3n) is 0. The fourth-order valence-corrected chi connectivity index (χ4v) is 0. The quantitative estimate of drug-likeness (QED) is 0.486. The number of hydrogen-bond acceptors (Lipinski definition) is 3. The summed E-state index contributed by atoms with van der Waals surface area (Å²) in [5.74, 6) is 0. The van der Waals surface area contributed by atoms with Crippen molar-refractivity contribution in [3.8, 4) is 0 Å². The number of aliphatic hydroxyl groups excluding tert-OH is 3. The van der Waals surface area contributed by atoms with Crippen LogP contribution in [0.3, 0.4) is 0 Å². The van der Waals surface area contributed by atoms with E-state index in [1.165, 1.54) is 0 Å². The molecule has 3 N–H and O–H groups in total. The molecule has 0 fully saturated rings. The van der Waals surface area contributed by atoms with Crippen molar-refractivity contribution in [2.75, 3.05) is 19.8 Å². The van der Waals surface area contributed by atoms with Gasteiger partial charge in [-0.25, -0.2) is 0 Å². The molecule has 0 aromatic carbocycles. The van der Waals surface area contributed by atoms with Gasteiger partial charge in [0.15, 0.2) is 0 Å². The Bertz CT molecular complexity index is 17.7. The van der Waals surface area contributed by atoms with Crippen molar-refractivity contribution in [2.24, 2.45) is 0 Å². The summed E-state index contributed by atoms with van der Waals surface area (Å²) in [6, 6.07) is 0. The minimum Gasteiger partial charge on any atom is -0.397 e. The van der Waals surface area contributed by atoms with Crippen molar-refractivity contribution in [3.05, 3.63) is 0 Å². The Balaban J connectivity index is -0.0000000257. The molecule has 0 rings (SSSR count). The van der Waals surface area contributed by atoms with Gasteiger partial charge in [0.25, 0.3) is 0 Å². The van der Waals surface area contributed by atoms with Crippen LogP contribution >= 0.6 is 0 Å². The third-order valence-corrected chi connectivity index (χ3v) is 0. The van der Waals surface area contributed by atoms with Crippen molar-refractivity contribution in [1.29, 1.82) is 0 Å². The van der Waals surface area contributed by atoms with Crippen molar-refractivity contribution in [2.45, 2.75) is 20.8 Å². The molecule has 0 bridgehead atoms. The maximum absolute atomic E-state index is 7.57. The predicted molar refractivity (Wildman–Crippen MR) is 38.3 cm³/mol. The summed E-state index contributed by atoms with van der Waals surface area (Å²) in [5, 5.41) is 22.7. The smallest absolute Gasteiger partial charge is 0.0402 e. The van der Waals surface area contributed by atoms with E-state index < -0.39 is 0 Å². The molecule has 0 aliphatic rings. The van der Waals surface area contributed by atoms with E-state index in [0.29, 0.717) is 0 Å². The van der Waals surface area contributed by atoms with Crippen LogP contribution in [-0.4, -0.2) is 35.1 Å². The maximum Gasteiger partial charge on any atom is 0.0402 e. The molecule has 0 aromatic rings. The maximum atomic E-state index is 7.57. The van der Waals surface area contributed by atoms with Crippen molar-refractivity contribution < 1.29 is 34.8 Å². The van der Waals surface area contributed by atoms with Gasteiger partial charge in [0.2, 0.25) is 0 Å². The second-order valence-electron chi connectivity index (χ2n) is 0.949. The van der Waals surface area contributed by atoms with Gasteiger partial charge in [-0.05, 0) is 20.8 Å². The van der Waals surface area contributed by atoms with Gasteiger partial charge in [-0.2, -0.15) is 0 Å². The first-order chi connectivity index (χ1) is 4.24. The molecule has 0 aliphatic carbocycles. The number of hydrogen-bond donors (Lipinski definition) is 3. The third kappa shape index (κ3) is 1890. The summed E-state index contributed by atoms with van der Waals surface area (Å²) in [7, 11) is 0. The average Bonchev–Trinajstić information content (AvgIpc) is 1.70. The summed E-state index contributed by atoms with van der Waals surface area (Å²) in [6.07, 6.45) is 0. The van der Waals surface area contributed by atoms with Gasteiger partial charge in [-0.1, -0.05) is 0 Å². The first kappa shape index (κ1) is 22.4. The van der Waals surface area contributed by atoms with Crippen LogP contribution in [0, 0.1) is 0 Å². The first-order valence-electron chi connectivity index (χ1n) is 3.07. The van der Waals surface area contributed by atoms with Crippen LogP contribution in [0.15, 0.2) is 0 Å². The van der Waals surface area contributed by atoms with Gasteiger partial charge in [-0.3, -0.25) is 0 Å². The van der Waals surface area contributed by atoms with E-state index in [9.17, 15) is 0 Å². The average molecular weight is 204 g/mol. The molecule has 0 saturated carbocycles. The Labute approximate surface area is 75.8 Å². The molecule has 0 amide bonds. The van der Waals surface area contributed by atoms with Crippen LogP contribution in [0.25, 0.3) is 0 Å². The molecule has 62 valence electrons.